The first-order valence-electron chi connectivity index (χ1n) is 6.38. The Kier molecular flexibility index (Phi) is 46.1. The largest absolute Gasteiger partial charge is 1.00 e. The van der Waals surface area contributed by atoms with E-state index >= 15 is 0 Å². The van der Waals surface area contributed by atoms with Crippen molar-refractivity contribution < 1.29 is 322 Å². The third kappa shape index (κ3) is 26.4. The zero-order valence-electron chi connectivity index (χ0n) is 20.7. The summed E-state index contributed by atoms with van der Waals surface area (Å²) >= 11 is 0. The standard InChI is InChI=1S/C6H16O18P4.8Na/c7-1-2(8)4(22-26(12,13)14)6(24-28(18,19)20)5(23-27(15,16)17)3(1)21-25(9,10)11;;;;;;;;/h1-8H,(H2,9,10,11)(H2,12,13,14)(H2,15,16,17)(H2,18,19,20);;;;;;;;/q;8*+1/p-8/t1-,2-,3-,4+,5-,6-;;;;;;;;/m0......../s1. The Bertz CT molecular complexity index is 692. The molecule has 0 radical (unpaired) electrons. The van der Waals surface area contributed by atoms with Crippen molar-refractivity contribution in [2.75, 3.05) is 0 Å². The Morgan fingerprint density at radius 1 is 0.389 bits per heavy atom. The van der Waals surface area contributed by atoms with Crippen LogP contribution in [0, 0.1) is 0 Å². The second-order valence-corrected chi connectivity index (χ2v) is 9.47. The summed E-state index contributed by atoms with van der Waals surface area (Å²) in [5.41, 5.74) is 0. The molecule has 0 aromatic heterocycles. The molecule has 6 atom stereocenters. The van der Waals surface area contributed by atoms with E-state index in [1.807, 2.05) is 0 Å². The number of rotatable bonds is 8. The number of hydrogen-bond acceptors (Lipinski definition) is 18. The topological polar surface area (TPSA) is 330 Å². The predicted octanol–water partition coefficient (Wildman–Crippen LogP) is -32.4. The maximum Gasteiger partial charge on any atom is 1.00 e. The second-order valence-electron chi connectivity index (χ2n) is 5.05. The van der Waals surface area contributed by atoms with E-state index in [0.29, 0.717) is 0 Å². The minimum absolute atomic E-state index is 0. The van der Waals surface area contributed by atoms with Gasteiger partial charge in [-0.25, -0.2) is 0 Å². The fraction of sp³-hybridized carbons (Fsp3) is 1.00. The van der Waals surface area contributed by atoms with Gasteiger partial charge in [-0.3, -0.25) is 0 Å². The van der Waals surface area contributed by atoms with Crippen LogP contribution in [-0.2, 0) is 36.4 Å². The van der Waals surface area contributed by atoms with E-state index < -0.39 is 67.9 Å². The third-order valence-electron chi connectivity index (χ3n) is 3.00. The van der Waals surface area contributed by atoms with Gasteiger partial charge in [-0.1, -0.05) is 0 Å². The molecule has 0 spiro atoms. The summed E-state index contributed by atoms with van der Waals surface area (Å²) in [7, 11) is -24.9. The summed E-state index contributed by atoms with van der Waals surface area (Å²) in [4.78, 5) is 86.3. The Morgan fingerprint density at radius 2 is 0.528 bits per heavy atom. The summed E-state index contributed by atoms with van der Waals surface area (Å²) in [6, 6.07) is 0. The summed E-state index contributed by atoms with van der Waals surface area (Å²) in [5.74, 6) is 0. The molecule has 30 heteroatoms. The average molecular weight is 676 g/mol. The predicted molar refractivity (Wildman–Crippen MR) is 61.9 cm³/mol. The molecule has 36 heavy (non-hydrogen) atoms. The number of aliphatic hydroxyl groups is 2. The zero-order chi connectivity index (χ0) is 22.3. The molecule has 0 unspecified atom stereocenters. The number of hydrogen-bond donors (Lipinski definition) is 2. The molecular weight excluding hydrogens is 668 g/mol. The molecule has 1 rings (SSSR count). The molecule has 0 saturated heterocycles. The van der Waals surface area contributed by atoms with Crippen molar-refractivity contribution in [3.05, 3.63) is 0 Å². The molecule has 1 aliphatic rings. The number of phosphoric acid groups is 4. The molecule has 0 heterocycles. The van der Waals surface area contributed by atoms with Gasteiger partial charge in [0.2, 0.25) is 0 Å². The van der Waals surface area contributed by atoms with Crippen LogP contribution < -0.4 is 276 Å². The summed E-state index contributed by atoms with van der Waals surface area (Å²) in [6.07, 6.45) is -17.6. The van der Waals surface area contributed by atoms with Gasteiger partial charge in [0.15, 0.2) is 0 Å². The van der Waals surface area contributed by atoms with Gasteiger partial charge in [-0.05, 0) is 0 Å². The molecule has 0 bridgehead atoms. The zero-order valence-corrected chi connectivity index (χ0v) is 40.3. The number of phosphoric ester groups is 4. The average Bonchev–Trinajstić information content (AvgIpc) is 2.39. The van der Waals surface area contributed by atoms with E-state index in [4.69, 9.17) is 0 Å². The summed E-state index contributed by atoms with van der Waals surface area (Å²) in [5, 5.41) is 19.5. The molecule has 0 aromatic rings. The SMILES string of the molecule is O=P([O-])([O-])O[C@@H]1[C@@H](OP(=O)([O-])[O-])[C@@H](OP(=O)([O-])[O-])[C@@H](O)[C@H](O)[C@H]1OP(=O)([O-])[O-].[Na+].[Na+].[Na+].[Na+].[Na+].[Na+].[Na+].[Na+]. The van der Waals surface area contributed by atoms with Crippen LogP contribution in [0.4, 0.5) is 0 Å². The van der Waals surface area contributed by atoms with Gasteiger partial charge in [0, 0.05) is 0 Å². The van der Waals surface area contributed by atoms with Crippen LogP contribution in [0.15, 0.2) is 0 Å². The van der Waals surface area contributed by atoms with Crippen molar-refractivity contribution in [3.63, 3.8) is 0 Å². The quantitative estimate of drug-likeness (QED) is 0.178. The third-order valence-corrected chi connectivity index (χ3v) is 5.00. The Hall–Kier alpha value is 8.36. The molecule has 0 aliphatic heterocycles. The molecule has 168 valence electrons. The summed E-state index contributed by atoms with van der Waals surface area (Å²) in [6.45, 7) is 0. The molecular formula is C6H8Na8O18P4. The first kappa shape index (κ1) is 63.1. The molecule has 1 saturated carbocycles. The Balaban J connectivity index is -0.000000163. The van der Waals surface area contributed by atoms with Crippen LogP contribution in [0.2, 0.25) is 0 Å². The molecule has 1 aliphatic carbocycles. The van der Waals surface area contributed by atoms with Crippen molar-refractivity contribution in [1.82, 2.24) is 0 Å². The molecule has 0 aromatic carbocycles. The van der Waals surface area contributed by atoms with Crippen LogP contribution in [0.1, 0.15) is 0 Å². The van der Waals surface area contributed by atoms with E-state index in [0.717, 1.165) is 0 Å². The minimum Gasteiger partial charge on any atom is -0.790 e. The minimum atomic E-state index is -6.28. The van der Waals surface area contributed by atoms with Crippen molar-refractivity contribution in [3.8, 4) is 0 Å². The van der Waals surface area contributed by atoms with Gasteiger partial charge in [0.05, 0.1) is 31.3 Å². The van der Waals surface area contributed by atoms with E-state index in [9.17, 15) is 67.6 Å². The normalized spacial score (nSPS) is 25.7. The van der Waals surface area contributed by atoms with Crippen molar-refractivity contribution in [1.29, 1.82) is 0 Å². The maximum atomic E-state index is 10.8. The fourth-order valence-corrected chi connectivity index (χ4v) is 4.39. The molecule has 0 amide bonds. The first-order valence-corrected chi connectivity index (χ1v) is 12.2. The van der Waals surface area contributed by atoms with Crippen LogP contribution in [0.3, 0.4) is 0 Å². The fourth-order valence-electron chi connectivity index (χ4n) is 2.23. The van der Waals surface area contributed by atoms with Gasteiger partial charge in [-0.15, -0.1) is 0 Å². The van der Waals surface area contributed by atoms with Gasteiger partial charge >= 0.3 is 236 Å². The van der Waals surface area contributed by atoms with E-state index in [1.54, 1.807) is 0 Å². The molecule has 1 fully saturated rings. The molecule has 18 nitrogen and oxygen atoms in total. The van der Waals surface area contributed by atoms with Crippen LogP contribution in [0.25, 0.3) is 0 Å². The van der Waals surface area contributed by atoms with E-state index in [-0.39, 0.29) is 236 Å². The maximum absolute atomic E-state index is 10.8. The Labute approximate surface area is 381 Å². The van der Waals surface area contributed by atoms with Crippen LogP contribution in [-0.4, -0.2) is 46.8 Å². The van der Waals surface area contributed by atoms with Crippen molar-refractivity contribution in [2.24, 2.45) is 0 Å². The van der Waals surface area contributed by atoms with Gasteiger partial charge in [0.1, 0.15) is 36.6 Å². The van der Waals surface area contributed by atoms with Crippen LogP contribution in [0.5, 0.6) is 0 Å². The molecule has 2 N–H and O–H groups in total. The van der Waals surface area contributed by atoms with Gasteiger partial charge in [-0.2, -0.15) is 0 Å². The Morgan fingerprint density at radius 3 is 0.667 bits per heavy atom. The van der Waals surface area contributed by atoms with E-state index in [1.165, 1.54) is 0 Å². The monoisotopic (exact) mass is 676 g/mol. The number of aliphatic hydroxyl groups excluding tert-OH is 2. The first-order chi connectivity index (χ1) is 12.2. The van der Waals surface area contributed by atoms with E-state index in [2.05, 4.69) is 18.1 Å². The smallest absolute Gasteiger partial charge is 0.790 e. The summed E-state index contributed by atoms with van der Waals surface area (Å²) < 4.78 is 58.0. The van der Waals surface area contributed by atoms with Crippen molar-refractivity contribution in [2.45, 2.75) is 36.6 Å². The van der Waals surface area contributed by atoms with Gasteiger partial charge in [0.25, 0.3) is 0 Å². The van der Waals surface area contributed by atoms with Crippen molar-refractivity contribution >= 4 is 31.3 Å². The van der Waals surface area contributed by atoms with Gasteiger partial charge < -0.3 is 85.7 Å². The van der Waals surface area contributed by atoms with Crippen LogP contribution >= 0.6 is 31.3 Å². The second kappa shape index (κ2) is 26.3.